The van der Waals surface area contributed by atoms with Gasteiger partial charge in [-0.15, -0.1) is 0 Å². The zero-order valence-electron chi connectivity index (χ0n) is 16.0. The van der Waals surface area contributed by atoms with Crippen molar-refractivity contribution in [2.24, 2.45) is 5.41 Å². The maximum Gasteiger partial charge on any atom is 0.253 e. The molecule has 4 nitrogen and oxygen atoms in total. The van der Waals surface area contributed by atoms with Gasteiger partial charge in [-0.3, -0.25) is 9.59 Å². The molecule has 1 spiro atoms. The first-order valence-electron chi connectivity index (χ1n) is 9.76. The lowest BCUT2D eigenvalue weighted by Crippen LogP contribution is -2.65. The molecule has 0 saturated carbocycles. The molecule has 2 aromatic carbocycles. The van der Waals surface area contributed by atoms with Crippen LogP contribution in [0.15, 0.2) is 54.6 Å². The number of piperidine rings is 1. The van der Waals surface area contributed by atoms with E-state index in [0.29, 0.717) is 19.0 Å². The van der Waals surface area contributed by atoms with Gasteiger partial charge in [0.05, 0.1) is 5.41 Å². The van der Waals surface area contributed by atoms with Crippen molar-refractivity contribution in [3.8, 4) is 0 Å². The van der Waals surface area contributed by atoms with Gasteiger partial charge in [0.1, 0.15) is 0 Å². The van der Waals surface area contributed by atoms with Gasteiger partial charge in [0.2, 0.25) is 5.91 Å². The number of nitrogens with zero attached hydrogens (tertiary/aromatic N) is 2. The van der Waals surface area contributed by atoms with Crippen molar-refractivity contribution in [1.29, 1.82) is 0 Å². The maximum absolute atomic E-state index is 12.8. The summed E-state index contributed by atoms with van der Waals surface area (Å²) in [5, 5.41) is 0. The third-order valence-corrected chi connectivity index (χ3v) is 6.06. The normalized spacial score (nSPS) is 18.7. The molecule has 0 atom stereocenters. The molecule has 2 aliphatic rings. The number of carbonyl (C=O) groups is 2. The Morgan fingerprint density at radius 1 is 0.963 bits per heavy atom. The highest BCUT2D eigenvalue weighted by molar-refractivity contribution is 6.04. The molecule has 2 saturated heterocycles. The van der Waals surface area contributed by atoms with Crippen LogP contribution in [-0.4, -0.2) is 36.3 Å². The Morgan fingerprint density at radius 3 is 2.15 bits per heavy atom. The molecule has 4 rings (SSSR count). The summed E-state index contributed by atoms with van der Waals surface area (Å²) in [6.07, 6.45) is 1.51. The van der Waals surface area contributed by atoms with E-state index in [1.54, 1.807) is 0 Å². The fourth-order valence-electron chi connectivity index (χ4n) is 4.16. The monoisotopic (exact) mass is 362 g/mol. The second-order valence-corrected chi connectivity index (χ2v) is 8.08. The number of carbonyl (C=O) groups excluding carboxylic acids is 2. The molecule has 0 unspecified atom stereocenters. The Balaban J connectivity index is 1.38. The van der Waals surface area contributed by atoms with E-state index in [4.69, 9.17) is 0 Å². The number of rotatable bonds is 3. The van der Waals surface area contributed by atoms with Crippen molar-refractivity contribution >= 4 is 17.5 Å². The highest BCUT2D eigenvalue weighted by Gasteiger charge is 2.53. The van der Waals surface area contributed by atoms with Gasteiger partial charge in [-0.25, -0.2) is 0 Å². The summed E-state index contributed by atoms with van der Waals surface area (Å²) in [6, 6.07) is 17.8. The van der Waals surface area contributed by atoms with Crippen LogP contribution < -0.4 is 4.90 Å². The van der Waals surface area contributed by atoms with E-state index in [-0.39, 0.29) is 17.2 Å². The lowest BCUT2D eigenvalue weighted by molar-refractivity contribution is -0.138. The van der Waals surface area contributed by atoms with Crippen LogP contribution in [0.2, 0.25) is 0 Å². The predicted molar refractivity (Wildman–Crippen MR) is 107 cm³/mol. The fourth-order valence-corrected chi connectivity index (χ4v) is 4.16. The molecule has 0 N–H and O–H groups in total. The molecule has 2 heterocycles. The van der Waals surface area contributed by atoms with Gasteiger partial charge in [0.25, 0.3) is 5.91 Å². The summed E-state index contributed by atoms with van der Waals surface area (Å²) >= 11 is 0. The van der Waals surface area contributed by atoms with Crippen LogP contribution in [-0.2, 0) is 4.79 Å². The minimum atomic E-state index is -0.270. The number of anilines is 1. The van der Waals surface area contributed by atoms with Gasteiger partial charge in [0.15, 0.2) is 0 Å². The van der Waals surface area contributed by atoms with E-state index >= 15 is 0 Å². The molecular formula is C23H26N2O2. The summed E-state index contributed by atoms with van der Waals surface area (Å²) in [4.78, 5) is 29.4. The second kappa shape index (κ2) is 6.84. The molecule has 2 fully saturated rings. The Kier molecular flexibility index (Phi) is 4.50. The third kappa shape index (κ3) is 3.14. The average Bonchev–Trinajstić information content (AvgIpc) is 2.72. The number of para-hydroxylation sites is 1. The molecule has 0 aliphatic carbocycles. The lowest BCUT2D eigenvalue weighted by atomic mass is 9.70. The Bertz CT molecular complexity index is 834. The average molecular weight is 362 g/mol. The number of benzene rings is 2. The van der Waals surface area contributed by atoms with Crippen molar-refractivity contribution in [2.45, 2.75) is 32.6 Å². The summed E-state index contributed by atoms with van der Waals surface area (Å²) in [6.45, 7) is 6.36. The van der Waals surface area contributed by atoms with Gasteiger partial charge in [-0.1, -0.05) is 44.2 Å². The van der Waals surface area contributed by atoms with Crippen LogP contribution >= 0.6 is 0 Å². The molecule has 2 aliphatic heterocycles. The topological polar surface area (TPSA) is 40.6 Å². The van der Waals surface area contributed by atoms with Crippen LogP contribution in [0.4, 0.5) is 5.69 Å². The van der Waals surface area contributed by atoms with Gasteiger partial charge >= 0.3 is 0 Å². The van der Waals surface area contributed by atoms with Crippen LogP contribution in [0.5, 0.6) is 0 Å². The number of β-lactam (4-membered cyclic amide) rings is 1. The van der Waals surface area contributed by atoms with Crippen LogP contribution in [0.25, 0.3) is 0 Å². The SMILES string of the molecule is CC(C)c1ccc(C(=O)N2CCC3(CC2)CN(c2ccccc2)C3=O)cc1. The third-order valence-electron chi connectivity index (χ3n) is 6.06. The second-order valence-electron chi connectivity index (χ2n) is 8.08. The summed E-state index contributed by atoms with van der Waals surface area (Å²) in [5.41, 5.74) is 2.68. The van der Waals surface area contributed by atoms with Gasteiger partial charge < -0.3 is 9.80 Å². The van der Waals surface area contributed by atoms with E-state index < -0.39 is 0 Å². The smallest absolute Gasteiger partial charge is 0.253 e. The minimum Gasteiger partial charge on any atom is -0.339 e. The summed E-state index contributed by atoms with van der Waals surface area (Å²) < 4.78 is 0. The number of amides is 2. The molecule has 0 radical (unpaired) electrons. The first kappa shape index (κ1) is 17.8. The zero-order valence-corrected chi connectivity index (χ0v) is 16.0. The maximum atomic E-state index is 12.8. The molecule has 27 heavy (non-hydrogen) atoms. The number of likely N-dealkylation sites (tertiary alicyclic amines) is 1. The van der Waals surface area contributed by atoms with E-state index in [1.165, 1.54) is 5.56 Å². The Morgan fingerprint density at radius 2 is 1.59 bits per heavy atom. The van der Waals surface area contributed by atoms with Crippen molar-refractivity contribution in [2.75, 3.05) is 24.5 Å². The zero-order chi connectivity index (χ0) is 19.0. The molecule has 4 heteroatoms. The van der Waals surface area contributed by atoms with Crippen molar-refractivity contribution in [3.05, 3.63) is 65.7 Å². The first-order chi connectivity index (χ1) is 13.0. The van der Waals surface area contributed by atoms with Gasteiger partial charge in [0, 0.05) is 30.9 Å². The quantitative estimate of drug-likeness (QED) is 0.772. The molecular weight excluding hydrogens is 336 g/mol. The Hall–Kier alpha value is -2.62. The fraction of sp³-hybridized carbons (Fsp3) is 0.391. The molecule has 2 aromatic rings. The van der Waals surface area contributed by atoms with Crippen LogP contribution in [0.1, 0.15) is 48.5 Å². The number of hydrogen-bond acceptors (Lipinski definition) is 2. The Labute approximate surface area is 160 Å². The first-order valence-corrected chi connectivity index (χ1v) is 9.76. The lowest BCUT2D eigenvalue weighted by Gasteiger charge is -2.52. The number of hydrogen-bond donors (Lipinski definition) is 0. The highest BCUT2D eigenvalue weighted by Crippen LogP contribution is 2.44. The van der Waals surface area contributed by atoms with Gasteiger partial charge in [-0.2, -0.15) is 0 Å². The van der Waals surface area contributed by atoms with Crippen LogP contribution in [0.3, 0.4) is 0 Å². The van der Waals surface area contributed by atoms with E-state index in [0.717, 1.165) is 30.6 Å². The van der Waals surface area contributed by atoms with E-state index in [9.17, 15) is 9.59 Å². The van der Waals surface area contributed by atoms with E-state index in [2.05, 4.69) is 13.8 Å². The minimum absolute atomic E-state index is 0.0758. The standard InChI is InChI=1S/C23H26N2O2/c1-17(2)18-8-10-19(11-9-18)21(26)24-14-12-23(13-15-24)16-25(22(23)27)20-6-4-3-5-7-20/h3-11,17H,12-16H2,1-2H3. The molecule has 0 bridgehead atoms. The summed E-state index contributed by atoms with van der Waals surface area (Å²) in [7, 11) is 0. The van der Waals surface area contributed by atoms with Crippen molar-refractivity contribution in [1.82, 2.24) is 4.90 Å². The molecule has 0 aromatic heterocycles. The highest BCUT2D eigenvalue weighted by atomic mass is 16.2. The van der Waals surface area contributed by atoms with Crippen LogP contribution in [0, 0.1) is 5.41 Å². The van der Waals surface area contributed by atoms with Crippen molar-refractivity contribution < 1.29 is 9.59 Å². The predicted octanol–water partition coefficient (Wildman–Crippen LogP) is 4.08. The molecule has 140 valence electrons. The summed E-state index contributed by atoms with van der Waals surface area (Å²) in [5.74, 6) is 0.745. The molecule has 2 amide bonds. The van der Waals surface area contributed by atoms with Crippen molar-refractivity contribution in [3.63, 3.8) is 0 Å². The largest absolute Gasteiger partial charge is 0.339 e. The van der Waals surface area contributed by atoms with Gasteiger partial charge in [-0.05, 0) is 48.6 Å². The van der Waals surface area contributed by atoms with E-state index in [1.807, 2.05) is 64.4 Å².